The number of carbonyl (C=O) groups is 1. The second kappa shape index (κ2) is 8.40. The lowest BCUT2D eigenvalue weighted by molar-refractivity contribution is -0.121. The van der Waals surface area contributed by atoms with Gasteiger partial charge >= 0.3 is 0 Å². The molecule has 0 bridgehead atoms. The van der Waals surface area contributed by atoms with Crippen LogP contribution in [0.2, 0.25) is 0 Å². The monoisotopic (exact) mass is 354 g/mol. The number of rotatable bonds is 7. The van der Waals surface area contributed by atoms with Crippen LogP contribution in [-0.4, -0.2) is 22.5 Å². The van der Waals surface area contributed by atoms with Gasteiger partial charge in [-0.1, -0.05) is 42.5 Å². The number of nitrogens with one attached hydrogen (secondary N) is 1. The number of hydrogen-bond donors (Lipinski definition) is 2. The van der Waals surface area contributed by atoms with Gasteiger partial charge in [0.05, 0.1) is 12.3 Å². The fourth-order valence-corrected chi connectivity index (χ4v) is 2.51. The average Bonchev–Trinajstić information content (AvgIpc) is 3.14. The number of halogens is 1. The third-order valence-corrected chi connectivity index (χ3v) is 3.90. The van der Waals surface area contributed by atoms with Crippen molar-refractivity contribution in [1.29, 1.82) is 0 Å². The lowest BCUT2D eigenvalue weighted by atomic mass is 10.1. The van der Waals surface area contributed by atoms with E-state index in [4.69, 9.17) is 4.42 Å². The van der Waals surface area contributed by atoms with Crippen molar-refractivity contribution in [1.82, 2.24) is 10.3 Å². The van der Waals surface area contributed by atoms with E-state index in [0.29, 0.717) is 23.6 Å². The quantitative estimate of drug-likeness (QED) is 0.683. The summed E-state index contributed by atoms with van der Waals surface area (Å²) in [6, 6.07) is 15.3. The zero-order valence-corrected chi connectivity index (χ0v) is 14.1. The highest BCUT2D eigenvalue weighted by atomic mass is 19.1. The van der Waals surface area contributed by atoms with Gasteiger partial charge in [0, 0.05) is 24.9 Å². The van der Waals surface area contributed by atoms with E-state index >= 15 is 0 Å². The minimum atomic E-state index is -0.957. The molecule has 3 rings (SSSR count). The Bertz CT molecular complexity index is 864. The van der Waals surface area contributed by atoms with Gasteiger partial charge in [0.2, 0.25) is 5.91 Å². The van der Waals surface area contributed by atoms with Crippen molar-refractivity contribution in [3.05, 3.63) is 78.1 Å². The van der Waals surface area contributed by atoms with Crippen molar-refractivity contribution in [2.75, 3.05) is 6.54 Å². The minimum absolute atomic E-state index is 0.0170. The van der Waals surface area contributed by atoms with Gasteiger partial charge in [-0.25, -0.2) is 9.37 Å². The molecule has 26 heavy (non-hydrogen) atoms. The van der Waals surface area contributed by atoms with Crippen LogP contribution < -0.4 is 5.32 Å². The molecule has 1 atom stereocenters. The maximum absolute atomic E-state index is 13.1. The van der Waals surface area contributed by atoms with E-state index in [1.165, 1.54) is 18.2 Å². The summed E-state index contributed by atoms with van der Waals surface area (Å²) in [5.41, 5.74) is 1.35. The summed E-state index contributed by atoms with van der Waals surface area (Å²) in [5, 5.41) is 12.6. The first-order valence-corrected chi connectivity index (χ1v) is 8.32. The molecule has 5 nitrogen and oxygen atoms in total. The molecular weight excluding hydrogens is 335 g/mol. The van der Waals surface area contributed by atoms with Gasteiger partial charge in [-0.05, 0) is 17.7 Å². The highest BCUT2D eigenvalue weighted by molar-refractivity contribution is 5.76. The number of aryl methyl sites for hydroxylation is 1. The van der Waals surface area contributed by atoms with Gasteiger partial charge in [0.25, 0.3) is 0 Å². The van der Waals surface area contributed by atoms with Crippen LogP contribution in [-0.2, 0) is 11.2 Å². The van der Waals surface area contributed by atoms with Crippen molar-refractivity contribution in [2.24, 2.45) is 0 Å². The van der Waals surface area contributed by atoms with Crippen molar-refractivity contribution in [2.45, 2.75) is 18.9 Å². The molecule has 2 aromatic carbocycles. The van der Waals surface area contributed by atoms with Gasteiger partial charge in [0.1, 0.15) is 5.82 Å². The van der Waals surface area contributed by atoms with Crippen molar-refractivity contribution in [3.8, 4) is 11.3 Å². The van der Waals surface area contributed by atoms with Crippen LogP contribution in [0.25, 0.3) is 11.3 Å². The Morgan fingerprint density at radius 3 is 2.77 bits per heavy atom. The molecule has 1 aromatic heterocycles. The standard InChI is InChI=1S/C20H19FN2O3/c21-16-8-4-7-15(11-16)17(24)12-22-19(25)9-10-20-23-13-18(26-20)14-5-2-1-3-6-14/h1-8,11,13,17,24H,9-10,12H2,(H,22,25). The molecule has 0 aliphatic rings. The van der Waals surface area contributed by atoms with Crippen molar-refractivity contribution in [3.63, 3.8) is 0 Å². The molecule has 1 heterocycles. The van der Waals surface area contributed by atoms with Gasteiger partial charge in [-0.3, -0.25) is 4.79 Å². The first kappa shape index (κ1) is 17.8. The Balaban J connectivity index is 1.46. The highest BCUT2D eigenvalue weighted by Gasteiger charge is 2.12. The highest BCUT2D eigenvalue weighted by Crippen LogP contribution is 2.20. The smallest absolute Gasteiger partial charge is 0.220 e. The molecule has 134 valence electrons. The lowest BCUT2D eigenvalue weighted by Crippen LogP contribution is -2.28. The predicted octanol–water partition coefficient (Wildman–Crippen LogP) is 3.26. The SMILES string of the molecule is O=C(CCc1ncc(-c2ccccc2)o1)NCC(O)c1cccc(F)c1. The van der Waals surface area contributed by atoms with Crippen LogP contribution in [0, 0.1) is 5.82 Å². The second-order valence-corrected chi connectivity index (χ2v) is 5.86. The summed E-state index contributed by atoms with van der Waals surface area (Å²) < 4.78 is 18.8. The van der Waals surface area contributed by atoms with Crippen LogP contribution in [0.1, 0.15) is 24.0 Å². The summed E-state index contributed by atoms with van der Waals surface area (Å²) in [6.07, 6.45) is 1.22. The zero-order chi connectivity index (χ0) is 18.4. The largest absolute Gasteiger partial charge is 0.441 e. The van der Waals surface area contributed by atoms with Gasteiger partial charge < -0.3 is 14.8 Å². The Labute approximate surface area is 150 Å². The normalized spacial score (nSPS) is 11.9. The third-order valence-electron chi connectivity index (χ3n) is 3.90. The van der Waals surface area contributed by atoms with Gasteiger partial charge in [-0.2, -0.15) is 0 Å². The minimum Gasteiger partial charge on any atom is -0.441 e. The molecule has 6 heteroatoms. The van der Waals surface area contributed by atoms with Gasteiger partial charge in [-0.15, -0.1) is 0 Å². The number of carbonyl (C=O) groups excluding carboxylic acids is 1. The summed E-state index contributed by atoms with van der Waals surface area (Å²) in [7, 11) is 0. The number of benzene rings is 2. The lowest BCUT2D eigenvalue weighted by Gasteiger charge is -2.12. The topological polar surface area (TPSA) is 75.4 Å². The Hall–Kier alpha value is -2.99. The Morgan fingerprint density at radius 1 is 1.19 bits per heavy atom. The zero-order valence-electron chi connectivity index (χ0n) is 14.1. The Kier molecular flexibility index (Phi) is 5.76. The van der Waals surface area contributed by atoms with Crippen LogP contribution >= 0.6 is 0 Å². The summed E-state index contributed by atoms with van der Waals surface area (Å²) >= 11 is 0. The predicted molar refractivity (Wildman–Crippen MR) is 94.6 cm³/mol. The summed E-state index contributed by atoms with van der Waals surface area (Å²) in [5.74, 6) is 0.470. The first-order chi connectivity index (χ1) is 12.6. The molecule has 0 radical (unpaired) electrons. The van der Waals surface area contributed by atoms with E-state index in [9.17, 15) is 14.3 Å². The number of aliphatic hydroxyl groups excluding tert-OH is 1. The van der Waals surface area contributed by atoms with E-state index in [1.54, 1.807) is 12.3 Å². The average molecular weight is 354 g/mol. The van der Waals surface area contributed by atoms with E-state index in [1.807, 2.05) is 30.3 Å². The van der Waals surface area contributed by atoms with E-state index in [2.05, 4.69) is 10.3 Å². The summed E-state index contributed by atoms with van der Waals surface area (Å²) in [4.78, 5) is 16.1. The fraction of sp³-hybridized carbons (Fsp3) is 0.200. The molecule has 1 unspecified atom stereocenters. The van der Waals surface area contributed by atoms with E-state index in [-0.39, 0.29) is 18.9 Å². The molecule has 0 aliphatic carbocycles. The third kappa shape index (κ3) is 4.77. The van der Waals surface area contributed by atoms with Crippen molar-refractivity contribution >= 4 is 5.91 Å². The Morgan fingerprint density at radius 2 is 2.00 bits per heavy atom. The number of aliphatic hydroxyl groups is 1. The van der Waals surface area contributed by atoms with E-state index in [0.717, 1.165) is 5.56 Å². The molecule has 0 saturated heterocycles. The molecule has 0 aliphatic heterocycles. The molecule has 1 amide bonds. The number of aromatic nitrogens is 1. The number of hydrogen-bond acceptors (Lipinski definition) is 4. The molecule has 0 saturated carbocycles. The van der Waals surface area contributed by atoms with E-state index < -0.39 is 11.9 Å². The van der Waals surface area contributed by atoms with Crippen LogP contribution in [0.4, 0.5) is 4.39 Å². The number of amides is 1. The molecule has 0 spiro atoms. The maximum Gasteiger partial charge on any atom is 0.220 e. The molecule has 3 aromatic rings. The molecular formula is C20H19FN2O3. The molecule has 2 N–H and O–H groups in total. The number of nitrogens with zero attached hydrogens (tertiary/aromatic N) is 1. The fourth-order valence-electron chi connectivity index (χ4n) is 2.51. The second-order valence-electron chi connectivity index (χ2n) is 5.86. The first-order valence-electron chi connectivity index (χ1n) is 8.32. The molecule has 0 fully saturated rings. The van der Waals surface area contributed by atoms with Gasteiger partial charge in [0.15, 0.2) is 11.7 Å². The number of oxazole rings is 1. The summed E-state index contributed by atoms with van der Waals surface area (Å²) in [6.45, 7) is 0.0170. The van der Waals surface area contributed by atoms with Crippen molar-refractivity contribution < 1.29 is 18.7 Å². The van der Waals surface area contributed by atoms with Crippen LogP contribution in [0.5, 0.6) is 0 Å². The maximum atomic E-state index is 13.1. The van der Waals surface area contributed by atoms with Crippen LogP contribution in [0.3, 0.4) is 0 Å². The van der Waals surface area contributed by atoms with Crippen LogP contribution in [0.15, 0.2) is 65.2 Å².